The van der Waals surface area contributed by atoms with Crippen molar-refractivity contribution >= 4 is 5.69 Å². The molecule has 2 rings (SSSR count). The van der Waals surface area contributed by atoms with E-state index in [4.69, 9.17) is 10.5 Å². The fourth-order valence-corrected chi connectivity index (χ4v) is 1.45. The van der Waals surface area contributed by atoms with Crippen LogP contribution in [0.25, 0.3) is 0 Å². The van der Waals surface area contributed by atoms with E-state index in [0.717, 1.165) is 5.56 Å². The summed E-state index contributed by atoms with van der Waals surface area (Å²) in [4.78, 5) is 0. The predicted octanol–water partition coefficient (Wildman–Crippen LogP) is 2.26. The molecule has 2 aromatic carbocycles. The SMILES string of the molecule is Nc1cc(O)ccc1COc1ccccc1O. The van der Waals surface area contributed by atoms with E-state index < -0.39 is 0 Å². The zero-order chi connectivity index (χ0) is 12.3. The molecule has 0 aliphatic carbocycles. The molecule has 0 saturated heterocycles. The first-order valence-corrected chi connectivity index (χ1v) is 5.15. The van der Waals surface area contributed by atoms with Gasteiger partial charge in [-0.15, -0.1) is 0 Å². The summed E-state index contributed by atoms with van der Waals surface area (Å²) in [5.74, 6) is 0.610. The third-order valence-electron chi connectivity index (χ3n) is 2.38. The Balaban J connectivity index is 2.10. The van der Waals surface area contributed by atoms with Crippen molar-refractivity contribution in [2.45, 2.75) is 6.61 Å². The van der Waals surface area contributed by atoms with Gasteiger partial charge in [0.15, 0.2) is 11.5 Å². The van der Waals surface area contributed by atoms with Crippen LogP contribution in [-0.4, -0.2) is 10.2 Å². The second-order valence-corrected chi connectivity index (χ2v) is 3.64. The summed E-state index contributed by atoms with van der Waals surface area (Å²) in [5.41, 5.74) is 6.94. The normalized spacial score (nSPS) is 10.1. The van der Waals surface area contributed by atoms with Gasteiger partial charge in [-0.1, -0.05) is 12.1 Å². The Hall–Kier alpha value is -2.36. The fraction of sp³-hybridized carbons (Fsp3) is 0.0769. The molecule has 0 radical (unpaired) electrons. The van der Waals surface area contributed by atoms with Gasteiger partial charge in [-0.3, -0.25) is 0 Å². The first kappa shape index (κ1) is 11.1. The number of phenols is 2. The van der Waals surface area contributed by atoms with Crippen molar-refractivity contribution in [3.05, 3.63) is 48.0 Å². The Bertz CT molecular complexity index is 526. The van der Waals surface area contributed by atoms with Crippen LogP contribution in [0.3, 0.4) is 0 Å². The van der Waals surface area contributed by atoms with Crippen LogP contribution >= 0.6 is 0 Å². The van der Waals surface area contributed by atoms with Crippen LogP contribution in [0, 0.1) is 0 Å². The van der Waals surface area contributed by atoms with Crippen molar-refractivity contribution in [1.29, 1.82) is 0 Å². The van der Waals surface area contributed by atoms with Gasteiger partial charge in [0.25, 0.3) is 0 Å². The van der Waals surface area contributed by atoms with Crippen LogP contribution < -0.4 is 10.5 Å². The molecule has 0 heterocycles. The number of nitrogen functional groups attached to an aromatic ring is 1. The molecule has 4 N–H and O–H groups in total. The molecule has 4 heteroatoms. The molecule has 2 aromatic rings. The number of anilines is 1. The van der Waals surface area contributed by atoms with E-state index in [1.807, 2.05) is 0 Å². The van der Waals surface area contributed by atoms with Gasteiger partial charge in [-0.25, -0.2) is 0 Å². The van der Waals surface area contributed by atoms with Gasteiger partial charge in [0, 0.05) is 17.3 Å². The van der Waals surface area contributed by atoms with E-state index in [0.29, 0.717) is 11.4 Å². The molecule has 0 bridgehead atoms. The summed E-state index contributed by atoms with van der Waals surface area (Å²) in [6.07, 6.45) is 0. The largest absolute Gasteiger partial charge is 0.508 e. The van der Waals surface area contributed by atoms with E-state index >= 15 is 0 Å². The van der Waals surface area contributed by atoms with Gasteiger partial charge in [-0.05, 0) is 24.3 Å². The maximum absolute atomic E-state index is 9.51. The first-order valence-electron chi connectivity index (χ1n) is 5.15. The fourth-order valence-electron chi connectivity index (χ4n) is 1.45. The lowest BCUT2D eigenvalue weighted by Crippen LogP contribution is -2.00. The highest BCUT2D eigenvalue weighted by molar-refractivity contribution is 5.51. The number of nitrogens with two attached hydrogens (primary N) is 1. The van der Waals surface area contributed by atoms with Crippen LogP contribution in [0.1, 0.15) is 5.56 Å². The monoisotopic (exact) mass is 231 g/mol. The quantitative estimate of drug-likeness (QED) is 0.708. The van der Waals surface area contributed by atoms with Crippen molar-refractivity contribution in [3.8, 4) is 17.2 Å². The van der Waals surface area contributed by atoms with Gasteiger partial charge >= 0.3 is 0 Å². The van der Waals surface area contributed by atoms with Crippen LogP contribution in [0.15, 0.2) is 42.5 Å². The summed E-state index contributed by atoms with van der Waals surface area (Å²) in [7, 11) is 0. The molecule has 0 aliphatic rings. The summed E-state index contributed by atoms with van der Waals surface area (Å²) >= 11 is 0. The lowest BCUT2D eigenvalue weighted by atomic mass is 10.2. The molecule has 0 saturated carbocycles. The maximum Gasteiger partial charge on any atom is 0.161 e. The third-order valence-corrected chi connectivity index (χ3v) is 2.38. The lowest BCUT2D eigenvalue weighted by molar-refractivity contribution is 0.289. The smallest absolute Gasteiger partial charge is 0.161 e. The van der Waals surface area contributed by atoms with Gasteiger partial charge in [0.2, 0.25) is 0 Å². The van der Waals surface area contributed by atoms with Crippen molar-refractivity contribution in [2.75, 3.05) is 5.73 Å². The van der Waals surface area contributed by atoms with E-state index in [-0.39, 0.29) is 18.1 Å². The second kappa shape index (κ2) is 4.65. The van der Waals surface area contributed by atoms with Gasteiger partial charge in [-0.2, -0.15) is 0 Å². The molecule has 0 unspecified atom stereocenters. The van der Waals surface area contributed by atoms with Gasteiger partial charge < -0.3 is 20.7 Å². The highest BCUT2D eigenvalue weighted by Crippen LogP contribution is 2.26. The molecule has 0 aliphatic heterocycles. The average Bonchev–Trinajstić information content (AvgIpc) is 2.30. The molecular weight excluding hydrogens is 218 g/mol. The standard InChI is InChI=1S/C13H13NO3/c14-11-7-10(15)6-5-9(11)8-17-13-4-2-1-3-12(13)16/h1-7,15-16H,8,14H2. The van der Waals surface area contributed by atoms with E-state index in [1.54, 1.807) is 36.4 Å². The minimum atomic E-state index is 0.0878. The number of para-hydroxylation sites is 2. The Kier molecular flexibility index (Phi) is 3.05. The number of hydrogen-bond donors (Lipinski definition) is 3. The van der Waals surface area contributed by atoms with Crippen LogP contribution in [0.4, 0.5) is 5.69 Å². The Labute approximate surface area is 98.9 Å². The van der Waals surface area contributed by atoms with Crippen LogP contribution in [-0.2, 0) is 6.61 Å². The molecule has 0 aromatic heterocycles. The second-order valence-electron chi connectivity index (χ2n) is 3.64. The molecule has 88 valence electrons. The third kappa shape index (κ3) is 2.60. The van der Waals surface area contributed by atoms with Crippen LogP contribution in [0.2, 0.25) is 0 Å². The van der Waals surface area contributed by atoms with Gasteiger partial charge in [0.1, 0.15) is 12.4 Å². The van der Waals surface area contributed by atoms with Crippen molar-refractivity contribution in [2.24, 2.45) is 0 Å². The lowest BCUT2D eigenvalue weighted by Gasteiger charge is -2.09. The Morgan fingerprint density at radius 3 is 2.53 bits per heavy atom. The first-order chi connectivity index (χ1) is 8.16. The minimum absolute atomic E-state index is 0.0878. The Morgan fingerprint density at radius 2 is 1.82 bits per heavy atom. The molecule has 0 spiro atoms. The molecule has 0 fully saturated rings. The van der Waals surface area contributed by atoms with Gasteiger partial charge in [0.05, 0.1) is 0 Å². The average molecular weight is 231 g/mol. The van der Waals surface area contributed by atoms with E-state index in [2.05, 4.69) is 0 Å². The van der Waals surface area contributed by atoms with E-state index in [9.17, 15) is 10.2 Å². The topological polar surface area (TPSA) is 75.7 Å². The van der Waals surface area contributed by atoms with Crippen molar-refractivity contribution in [3.63, 3.8) is 0 Å². The number of benzene rings is 2. The molecular formula is C13H13NO3. The zero-order valence-electron chi connectivity index (χ0n) is 9.13. The maximum atomic E-state index is 9.51. The highest BCUT2D eigenvalue weighted by Gasteiger charge is 2.04. The molecule has 4 nitrogen and oxygen atoms in total. The molecule has 0 atom stereocenters. The number of ether oxygens (including phenoxy) is 1. The summed E-state index contributed by atoms with van der Waals surface area (Å²) in [5, 5.41) is 18.7. The highest BCUT2D eigenvalue weighted by atomic mass is 16.5. The number of phenolic OH excluding ortho intramolecular Hbond substituents is 2. The number of hydrogen-bond acceptors (Lipinski definition) is 4. The zero-order valence-corrected chi connectivity index (χ0v) is 9.13. The number of rotatable bonds is 3. The Morgan fingerprint density at radius 1 is 1.06 bits per heavy atom. The molecule has 17 heavy (non-hydrogen) atoms. The van der Waals surface area contributed by atoms with Crippen molar-refractivity contribution < 1.29 is 14.9 Å². The minimum Gasteiger partial charge on any atom is -0.508 e. The number of aromatic hydroxyl groups is 2. The predicted molar refractivity (Wildman–Crippen MR) is 65.0 cm³/mol. The van der Waals surface area contributed by atoms with Crippen LogP contribution in [0.5, 0.6) is 17.2 Å². The summed E-state index contributed by atoms with van der Waals surface area (Å²) in [6, 6.07) is 11.4. The van der Waals surface area contributed by atoms with E-state index in [1.165, 1.54) is 6.07 Å². The summed E-state index contributed by atoms with van der Waals surface area (Å²) in [6.45, 7) is 0.240. The van der Waals surface area contributed by atoms with Crippen molar-refractivity contribution in [1.82, 2.24) is 0 Å². The molecule has 0 amide bonds. The summed E-state index contributed by atoms with van der Waals surface area (Å²) < 4.78 is 5.43.